The summed E-state index contributed by atoms with van der Waals surface area (Å²) in [4.78, 5) is 11.1. The number of hydrogen-bond acceptors (Lipinski definition) is 3. The molecule has 0 aliphatic heterocycles. The highest BCUT2D eigenvalue weighted by Crippen LogP contribution is 2.33. The van der Waals surface area contributed by atoms with Gasteiger partial charge in [-0.25, -0.2) is 0 Å². The van der Waals surface area contributed by atoms with Gasteiger partial charge in [0.15, 0.2) is 11.5 Å². The van der Waals surface area contributed by atoms with E-state index in [2.05, 4.69) is 0 Å². The predicted molar refractivity (Wildman–Crippen MR) is 88.9 cm³/mol. The molecule has 0 bridgehead atoms. The molecule has 0 radical (unpaired) electrons. The molecule has 1 unspecified atom stereocenters. The van der Waals surface area contributed by atoms with Gasteiger partial charge in [0.1, 0.15) is 6.61 Å². The molecule has 0 amide bonds. The monoisotopic (exact) mass is 314 g/mol. The molecule has 0 saturated carbocycles. The largest absolute Gasteiger partial charge is 0.490 e. The van der Waals surface area contributed by atoms with Crippen molar-refractivity contribution in [2.75, 3.05) is 6.61 Å². The highest BCUT2D eigenvalue weighted by atomic mass is 16.5. The lowest BCUT2D eigenvalue weighted by molar-refractivity contribution is -0.141. The summed E-state index contributed by atoms with van der Waals surface area (Å²) >= 11 is 0. The van der Waals surface area contributed by atoms with E-state index in [1.165, 1.54) is 0 Å². The Kier molecular flexibility index (Phi) is 6.03. The molecule has 23 heavy (non-hydrogen) atoms. The lowest BCUT2D eigenvalue weighted by Gasteiger charge is -2.17. The van der Waals surface area contributed by atoms with Crippen molar-refractivity contribution in [1.82, 2.24) is 0 Å². The van der Waals surface area contributed by atoms with Crippen molar-refractivity contribution in [3.8, 4) is 11.5 Å². The zero-order valence-corrected chi connectivity index (χ0v) is 13.5. The Morgan fingerprint density at radius 1 is 1.09 bits per heavy atom. The number of ether oxygens (including phenoxy) is 2. The van der Waals surface area contributed by atoms with E-state index in [9.17, 15) is 4.79 Å². The van der Waals surface area contributed by atoms with Gasteiger partial charge in [0, 0.05) is 0 Å². The number of carboxylic acid groups (broad SMARTS) is 1. The summed E-state index contributed by atoms with van der Waals surface area (Å²) in [7, 11) is 0. The first-order chi connectivity index (χ1) is 11.1. The number of hydrogen-bond donors (Lipinski definition) is 1. The van der Waals surface area contributed by atoms with Gasteiger partial charge in [0.25, 0.3) is 0 Å². The second-order valence-corrected chi connectivity index (χ2v) is 5.40. The third kappa shape index (κ3) is 4.74. The zero-order valence-electron chi connectivity index (χ0n) is 13.5. The number of rotatable bonds is 8. The predicted octanol–water partition coefficient (Wildman–Crippen LogP) is 3.93. The van der Waals surface area contributed by atoms with Crippen molar-refractivity contribution in [1.29, 1.82) is 0 Å². The molecule has 0 aliphatic carbocycles. The van der Waals surface area contributed by atoms with E-state index in [4.69, 9.17) is 14.6 Å². The molecular formula is C19H22O4. The van der Waals surface area contributed by atoms with E-state index in [0.717, 1.165) is 11.1 Å². The van der Waals surface area contributed by atoms with Crippen LogP contribution in [0.1, 0.15) is 25.0 Å². The Morgan fingerprint density at radius 3 is 2.48 bits per heavy atom. The minimum absolute atomic E-state index is 0.403. The van der Waals surface area contributed by atoms with Gasteiger partial charge in [0.05, 0.1) is 12.5 Å². The fourth-order valence-corrected chi connectivity index (χ4v) is 2.30. The number of carboxylic acids is 1. The number of para-hydroxylation sites is 1. The molecule has 2 aromatic rings. The summed E-state index contributed by atoms with van der Waals surface area (Å²) in [6, 6.07) is 15.5. The van der Waals surface area contributed by atoms with Crippen molar-refractivity contribution in [2.45, 2.75) is 26.9 Å². The molecule has 0 fully saturated rings. The lowest BCUT2D eigenvalue weighted by Crippen LogP contribution is -2.13. The van der Waals surface area contributed by atoms with E-state index < -0.39 is 11.9 Å². The normalized spacial score (nSPS) is 11.7. The molecule has 0 aromatic heterocycles. The fourth-order valence-electron chi connectivity index (χ4n) is 2.30. The first-order valence-electron chi connectivity index (χ1n) is 7.76. The number of aliphatic carboxylic acids is 1. The van der Waals surface area contributed by atoms with Gasteiger partial charge >= 0.3 is 5.97 Å². The minimum Gasteiger partial charge on any atom is -0.490 e. The van der Waals surface area contributed by atoms with Crippen LogP contribution >= 0.6 is 0 Å². The van der Waals surface area contributed by atoms with Gasteiger partial charge in [-0.1, -0.05) is 49.4 Å². The second-order valence-electron chi connectivity index (χ2n) is 5.40. The van der Waals surface area contributed by atoms with Crippen LogP contribution in [0.4, 0.5) is 0 Å². The van der Waals surface area contributed by atoms with Crippen LogP contribution < -0.4 is 9.47 Å². The van der Waals surface area contributed by atoms with Crippen LogP contribution in [0.15, 0.2) is 48.5 Å². The Bertz CT molecular complexity index is 637. The van der Waals surface area contributed by atoms with Crippen molar-refractivity contribution < 1.29 is 19.4 Å². The van der Waals surface area contributed by atoms with E-state index >= 15 is 0 Å². The van der Waals surface area contributed by atoms with E-state index in [1.54, 1.807) is 6.92 Å². The van der Waals surface area contributed by atoms with Crippen molar-refractivity contribution in [2.24, 2.45) is 5.92 Å². The molecule has 0 saturated heterocycles. The number of benzene rings is 2. The molecule has 0 spiro atoms. The Balaban J connectivity index is 2.23. The van der Waals surface area contributed by atoms with Crippen LogP contribution in [0.2, 0.25) is 0 Å². The Morgan fingerprint density at radius 2 is 1.83 bits per heavy atom. The first-order valence-corrected chi connectivity index (χ1v) is 7.76. The van der Waals surface area contributed by atoms with E-state index in [-0.39, 0.29) is 0 Å². The molecule has 2 rings (SSSR count). The van der Waals surface area contributed by atoms with Crippen LogP contribution in [-0.4, -0.2) is 17.7 Å². The molecule has 1 N–H and O–H groups in total. The highest BCUT2D eigenvalue weighted by Gasteiger charge is 2.17. The van der Waals surface area contributed by atoms with Gasteiger partial charge in [0.2, 0.25) is 0 Å². The maximum absolute atomic E-state index is 11.1. The molecule has 0 heterocycles. The Hall–Kier alpha value is -2.49. The van der Waals surface area contributed by atoms with Crippen LogP contribution in [0.3, 0.4) is 0 Å². The second kappa shape index (κ2) is 8.22. The maximum atomic E-state index is 11.1. The zero-order chi connectivity index (χ0) is 16.7. The van der Waals surface area contributed by atoms with Crippen LogP contribution in [0.25, 0.3) is 0 Å². The quantitative estimate of drug-likeness (QED) is 0.802. The van der Waals surface area contributed by atoms with Gasteiger partial charge in [-0.3, -0.25) is 4.79 Å². The molecule has 4 heteroatoms. The summed E-state index contributed by atoms with van der Waals surface area (Å²) in [6.45, 7) is 4.54. The SMILES string of the molecule is CCOc1cccc(CC(C)C(=O)O)c1OCc1ccccc1. The summed E-state index contributed by atoms with van der Waals surface area (Å²) in [5.41, 5.74) is 1.90. The number of carbonyl (C=O) groups is 1. The fraction of sp³-hybridized carbons (Fsp3) is 0.316. The molecule has 122 valence electrons. The smallest absolute Gasteiger partial charge is 0.306 e. The summed E-state index contributed by atoms with van der Waals surface area (Å²) in [6.07, 6.45) is 0.403. The van der Waals surface area contributed by atoms with E-state index in [1.807, 2.05) is 55.5 Å². The topological polar surface area (TPSA) is 55.8 Å². The summed E-state index contributed by atoms with van der Waals surface area (Å²) in [5, 5.41) is 9.14. The maximum Gasteiger partial charge on any atom is 0.306 e. The van der Waals surface area contributed by atoms with Crippen molar-refractivity contribution in [3.63, 3.8) is 0 Å². The van der Waals surface area contributed by atoms with Gasteiger partial charge < -0.3 is 14.6 Å². The van der Waals surface area contributed by atoms with Crippen LogP contribution in [0, 0.1) is 5.92 Å². The van der Waals surface area contributed by atoms with E-state index in [0.29, 0.717) is 31.1 Å². The van der Waals surface area contributed by atoms with Crippen LogP contribution in [-0.2, 0) is 17.8 Å². The molecule has 1 atom stereocenters. The molecule has 2 aromatic carbocycles. The lowest BCUT2D eigenvalue weighted by atomic mass is 10.00. The van der Waals surface area contributed by atoms with Gasteiger partial charge in [-0.05, 0) is 30.5 Å². The third-order valence-electron chi connectivity index (χ3n) is 3.53. The van der Waals surface area contributed by atoms with Crippen LogP contribution in [0.5, 0.6) is 11.5 Å². The molecular weight excluding hydrogens is 292 g/mol. The third-order valence-corrected chi connectivity index (χ3v) is 3.53. The van der Waals surface area contributed by atoms with Crippen molar-refractivity contribution >= 4 is 5.97 Å². The van der Waals surface area contributed by atoms with Crippen molar-refractivity contribution in [3.05, 3.63) is 59.7 Å². The average Bonchev–Trinajstić information content (AvgIpc) is 2.55. The highest BCUT2D eigenvalue weighted by molar-refractivity contribution is 5.70. The Labute approximate surface area is 136 Å². The summed E-state index contributed by atoms with van der Waals surface area (Å²) < 4.78 is 11.6. The molecule has 4 nitrogen and oxygen atoms in total. The van der Waals surface area contributed by atoms with Gasteiger partial charge in [-0.15, -0.1) is 0 Å². The minimum atomic E-state index is -0.819. The molecule has 0 aliphatic rings. The standard InChI is InChI=1S/C19H22O4/c1-3-22-17-11-7-10-16(12-14(2)19(20)21)18(17)23-13-15-8-5-4-6-9-15/h4-11,14H,3,12-13H2,1-2H3,(H,20,21). The summed E-state index contributed by atoms with van der Waals surface area (Å²) in [5.74, 6) is -0.0170. The average molecular weight is 314 g/mol. The van der Waals surface area contributed by atoms with Gasteiger partial charge in [-0.2, -0.15) is 0 Å². The first kappa shape index (κ1) is 16.9.